The zero-order chi connectivity index (χ0) is 17.1. The normalized spacial score (nSPS) is 19.7. The molecule has 24 heavy (non-hydrogen) atoms. The van der Waals surface area contributed by atoms with E-state index in [1.807, 2.05) is 0 Å². The second-order valence-electron chi connectivity index (χ2n) is 5.80. The molecule has 1 saturated carbocycles. The first-order valence-electron chi connectivity index (χ1n) is 7.83. The molecular weight excluding hydrogens is 348 g/mol. The second-order valence-corrected chi connectivity index (χ2v) is 7.23. The number of carbonyl (C=O) groups excluding carboxylic acids is 3. The zero-order valence-electron chi connectivity index (χ0n) is 13.0. The van der Waals surface area contributed by atoms with Crippen molar-refractivity contribution in [2.75, 3.05) is 13.1 Å². The predicted octanol–water partition coefficient (Wildman–Crippen LogP) is 3.29. The highest BCUT2D eigenvalue weighted by molar-refractivity contribution is 8.18. The van der Waals surface area contributed by atoms with Gasteiger partial charge in [0.2, 0.25) is 5.91 Å². The minimum absolute atomic E-state index is 0.0185. The Balaban J connectivity index is 1.57. The van der Waals surface area contributed by atoms with E-state index >= 15 is 0 Å². The van der Waals surface area contributed by atoms with Crippen molar-refractivity contribution in [1.82, 2.24) is 10.2 Å². The lowest BCUT2D eigenvalue weighted by Gasteiger charge is -2.24. The molecular formula is C17H17ClN2O3S. The fraction of sp³-hybridized carbons (Fsp3) is 0.353. The third-order valence-corrected chi connectivity index (χ3v) is 5.31. The lowest BCUT2D eigenvalue weighted by atomic mass is 9.85. The standard InChI is InChI=1S/C17H17ClN2O3S/c18-13-6-4-11(5-7-13)10-14-16(22)20(17(23)24-14)9-8-19-15(21)12-2-1-3-12/h4-7,10,12H,1-3,8-9H2,(H,19,21)/b14-10+. The van der Waals surface area contributed by atoms with E-state index in [1.54, 1.807) is 30.3 Å². The SMILES string of the molecule is O=C(NCCN1C(=O)S/C(=C/c2ccc(Cl)cc2)C1=O)C1CCC1. The van der Waals surface area contributed by atoms with E-state index in [2.05, 4.69) is 5.32 Å². The van der Waals surface area contributed by atoms with E-state index in [9.17, 15) is 14.4 Å². The van der Waals surface area contributed by atoms with Crippen molar-refractivity contribution in [2.45, 2.75) is 19.3 Å². The molecule has 1 aliphatic heterocycles. The van der Waals surface area contributed by atoms with E-state index in [1.165, 1.54) is 4.90 Å². The number of rotatable bonds is 5. The molecule has 1 aromatic rings. The first-order valence-corrected chi connectivity index (χ1v) is 9.02. The number of benzene rings is 1. The largest absolute Gasteiger partial charge is 0.354 e. The number of imide groups is 1. The number of amides is 3. The van der Waals surface area contributed by atoms with Gasteiger partial charge in [-0.05, 0) is 48.4 Å². The molecule has 0 spiro atoms. The van der Waals surface area contributed by atoms with Gasteiger partial charge in [0.1, 0.15) is 0 Å². The van der Waals surface area contributed by atoms with E-state index in [0.29, 0.717) is 16.5 Å². The van der Waals surface area contributed by atoms with Gasteiger partial charge in [0, 0.05) is 24.0 Å². The fourth-order valence-electron chi connectivity index (χ4n) is 2.51. The van der Waals surface area contributed by atoms with Gasteiger partial charge >= 0.3 is 0 Å². The average molecular weight is 365 g/mol. The van der Waals surface area contributed by atoms with Crippen molar-refractivity contribution in [3.8, 4) is 0 Å². The maximum Gasteiger partial charge on any atom is 0.293 e. The number of nitrogens with one attached hydrogen (secondary N) is 1. The van der Waals surface area contributed by atoms with Gasteiger partial charge in [-0.25, -0.2) is 0 Å². The van der Waals surface area contributed by atoms with Crippen LogP contribution in [-0.2, 0) is 9.59 Å². The summed E-state index contributed by atoms with van der Waals surface area (Å²) in [6.07, 6.45) is 4.62. The molecule has 0 unspecified atom stereocenters. The van der Waals surface area contributed by atoms with Crippen LogP contribution in [0.3, 0.4) is 0 Å². The quantitative estimate of drug-likeness (QED) is 0.814. The monoisotopic (exact) mass is 364 g/mol. The summed E-state index contributed by atoms with van der Waals surface area (Å²) in [5.41, 5.74) is 0.809. The van der Waals surface area contributed by atoms with E-state index in [4.69, 9.17) is 11.6 Å². The molecule has 0 aromatic heterocycles. The third-order valence-electron chi connectivity index (χ3n) is 4.15. The van der Waals surface area contributed by atoms with Gasteiger partial charge in [-0.2, -0.15) is 0 Å². The first kappa shape index (κ1) is 17.0. The van der Waals surface area contributed by atoms with Crippen LogP contribution in [0.25, 0.3) is 6.08 Å². The summed E-state index contributed by atoms with van der Waals surface area (Å²) in [6.45, 7) is 0.489. The highest BCUT2D eigenvalue weighted by Gasteiger charge is 2.35. The van der Waals surface area contributed by atoms with Gasteiger partial charge in [0.15, 0.2) is 0 Å². The Morgan fingerprint density at radius 2 is 2.00 bits per heavy atom. The summed E-state index contributed by atoms with van der Waals surface area (Å²) in [5, 5.41) is 3.10. The Kier molecular flexibility index (Phi) is 5.26. The molecule has 1 N–H and O–H groups in total. The van der Waals surface area contributed by atoms with Crippen LogP contribution in [0.5, 0.6) is 0 Å². The number of nitrogens with zero attached hydrogens (tertiary/aromatic N) is 1. The molecule has 5 nitrogen and oxygen atoms in total. The average Bonchev–Trinajstić information content (AvgIpc) is 2.75. The topological polar surface area (TPSA) is 66.5 Å². The Hall–Kier alpha value is -1.79. The number of hydrogen-bond donors (Lipinski definition) is 1. The Labute approximate surface area is 149 Å². The summed E-state index contributed by atoms with van der Waals surface area (Å²) in [6, 6.07) is 7.03. The van der Waals surface area contributed by atoms with Crippen molar-refractivity contribution in [2.24, 2.45) is 5.92 Å². The number of thioether (sulfide) groups is 1. The molecule has 0 atom stereocenters. The van der Waals surface area contributed by atoms with Gasteiger partial charge in [-0.1, -0.05) is 30.2 Å². The van der Waals surface area contributed by atoms with Gasteiger partial charge < -0.3 is 5.32 Å². The van der Waals surface area contributed by atoms with Crippen LogP contribution in [0.4, 0.5) is 4.79 Å². The molecule has 126 valence electrons. The van der Waals surface area contributed by atoms with Crippen LogP contribution < -0.4 is 5.32 Å². The van der Waals surface area contributed by atoms with Crippen molar-refractivity contribution >= 4 is 46.5 Å². The summed E-state index contributed by atoms with van der Waals surface area (Å²) >= 11 is 6.75. The molecule has 0 bridgehead atoms. The lowest BCUT2D eigenvalue weighted by Crippen LogP contribution is -2.40. The van der Waals surface area contributed by atoms with Gasteiger partial charge in [-0.3, -0.25) is 19.3 Å². The highest BCUT2D eigenvalue weighted by Crippen LogP contribution is 2.32. The molecule has 1 aromatic carbocycles. The van der Waals surface area contributed by atoms with Crippen LogP contribution in [0, 0.1) is 5.92 Å². The number of carbonyl (C=O) groups is 3. The Bertz CT molecular complexity index is 698. The molecule has 0 radical (unpaired) electrons. The van der Waals surface area contributed by atoms with Crippen molar-refractivity contribution in [1.29, 1.82) is 0 Å². The fourth-order valence-corrected chi connectivity index (χ4v) is 3.50. The summed E-state index contributed by atoms with van der Waals surface area (Å²) in [7, 11) is 0. The first-order chi connectivity index (χ1) is 11.5. The molecule has 2 aliphatic rings. The van der Waals surface area contributed by atoms with Crippen LogP contribution in [0.1, 0.15) is 24.8 Å². The second kappa shape index (κ2) is 7.40. The zero-order valence-corrected chi connectivity index (χ0v) is 14.5. The Morgan fingerprint density at radius 1 is 1.29 bits per heavy atom. The maximum atomic E-state index is 12.3. The van der Waals surface area contributed by atoms with E-state index < -0.39 is 0 Å². The van der Waals surface area contributed by atoms with Gasteiger partial charge in [0.25, 0.3) is 11.1 Å². The molecule has 3 amide bonds. The van der Waals surface area contributed by atoms with E-state index in [0.717, 1.165) is 36.6 Å². The van der Waals surface area contributed by atoms with Crippen molar-refractivity contribution in [3.05, 3.63) is 39.8 Å². The third kappa shape index (κ3) is 3.82. The summed E-state index contributed by atoms with van der Waals surface area (Å²) < 4.78 is 0. The Morgan fingerprint density at radius 3 is 2.62 bits per heavy atom. The number of hydrogen-bond acceptors (Lipinski definition) is 4. The lowest BCUT2D eigenvalue weighted by molar-refractivity contribution is -0.128. The summed E-state index contributed by atoms with van der Waals surface area (Å²) in [5.74, 6) is -0.201. The van der Waals surface area contributed by atoms with Crippen molar-refractivity contribution < 1.29 is 14.4 Å². The van der Waals surface area contributed by atoms with Gasteiger partial charge in [0.05, 0.1) is 4.91 Å². The smallest absolute Gasteiger partial charge is 0.293 e. The van der Waals surface area contributed by atoms with Gasteiger partial charge in [-0.15, -0.1) is 0 Å². The molecule has 3 rings (SSSR count). The predicted molar refractivity (Wildman–Crippen MR) is 94.5 cm³/mol. The van der Waals surface area contributed by atoms with Crippen LogP contribution in [-0.4, -0.2) is 35.0 Å². The minimum Gasteiger partial charge on any atom is -0.354 e. The van der Waals surface area contributed by atoms with Crippen molar-refractivity contribution in [3.63, 3.8) is 0 Å². The van der Waals surface area contributed by atoms with Crippen LogP contribution >= 0.6 is 23.4 Å². The van der Waals surface area contributed by atoms with E-state index in [-0.39, 0.29) is 29.5 Å². The molecule has 2 fully saturated rings. The molecule has 7 heteroatoms. The van der Waals surface area contributed by atoms with Crippen LogP contribution in [0.15, 0.2) is 29.2 Å². The highest BCUT2D eigenvalue weighted by atomic mass is 35.5. The van der Waals surface area contributed by atoms with Crippen LogP contribution in [0.2, 0.25) is 5.02 Å². The molecule has 1 heterocycles. The minimum atomic E-state index is -0.321. The molecule has 1 aliphatic carbocycles. The maximum absolute atomic E-state index is 12.3. The molecule has 1 saturated heterocycles. The summed E-state index contributed by atoms with van der Waals surface area (Å²) in [4.78, 5) is 37.7. The number of halogens is 1.